The highest BCUT2D eigenvalue weighted by molar-refractivity contribution is 7.09. The Kier molecular flexibility index (Phi) is 3.18. The fourth-order valence-electron chi connectivity index (χ4n) is 1.36. The van der Waals surface area contributed by atoms with E-state index in [1.807, 2.05) is 24.4 Å². The zero-order chi connectivity index (χ0) is 10.7. The molecule has 2 aromatic rings. The quantitative estimate of drug-likeness (QED) is 0.865. The molecule has 0 radical (unpaired) electrons. The third-order valence-electron chi connectivity index (χ3n) is 2.14. The number of aryl methyl sites for hydroxylation is 2. The van der Waals surface area contributed by atoms with Gasteiger partial charge in [0.1, 0.15) is 11.5 Å². The van der Waals surface area contributed by atoms with E-state index in [1.165, 1.54) is 0 Å². The van der Waals surface area contributed by atoms with Gasteiger partial charge in [-0.15, -0.1) is 11.3 Å². The molecular formula is C11H14N2OS. The molecule has 0 atom stereocenters. The zero-order valence-corrected chi connectivity index (χ0v) is 9.51. The van der Waals surface area contributed by atoms with Crippen LogP contribution in [0, 0.1) is 6.92 Å². The van der Waals surface area contributed by atoms with Gasteiger partial charge < -0.3 is 10.2 Å². The summed E-state index contributed by atoms with van der Waals surface area (Å²) in [5.41, 5.74) is 6.39. The van der Waals surface area contributed by atoms with Crippen molar-refractivity contribution < 1.29 is 4.42 Å². The third-order valence-corrected chi connectivity index (χ3v) is 3.05. The molecule has 0 aromatic carbocycles. The van der Waals surface area contributed by atoms with Crippen LogP contribution in [0.3, 0.4) is 0 Å². The summed E-state index contributed by atoms with van der Waals surface area (Å²) in [6.45, 7) is 2.65. The van der Waals surface area contributed by atoms with Crippen molar-refractivity contribution in [3.63, 3.8) is 0 Å². The average Bonchev–Trinajstić information content (AvgIpc) is 2.83. The Balaban J connectivity index is 2.13. The molecule has 0 aliphatic rings. The maximum Gasteiger partial charge on any atom is 0.153 e. The largest absolute Gasteiger partial charge is 0.460 e. The topological polar surface area (TPSA) is 52.0 Å². The van der Waals surface area contributed by atoms with Crippen molar-refractivity contribution >= 4 is 11.3 Å². The zero-order valence-electron chi connectivity index (χ0n) is 8.69. The van der Waals surface area contributed by atoms with Crippen molar-refractivity contribution in [3.05, 3.63) is 28.3 Å². The number of thiazole rings is 1. The maximum atomic E-state index is 5.51. The summed E-state index contributed by atoms with van der Waals surface area (Å²) >= 11 is 1.67. The molecule has 2 N–H and O–H groups in total. The average molecular weight is 222 g/mol. The van der Waals surface area contributed by atoms with Crippen molar-refractivity contribution in [1.82, 2.24) is 4.98 Å². The monoisotopic (exact) mass is 222 g/mol. The number of aromatic nitrogens is 1. The predicted molar refractivity (Wildman–Crippen MR) is 61.9 cm³/mol. The summed E-state index contributed by atoms with van der Waals surface area (Å²) < 4.78 is 5.51. The minimum absolute atomic E-state index is 0.717. The van der Waals surface area contributed by atoms with E-state index in [0.717, 1.165) is 41.6 Å². The predicted octanol–water partition coefficient (Wildman–Crippen LogP) is 2.60. The smallest absolute Gasteiger partial charge is 0.153 e. The lowest BCUT2D eigenvalue weighted by Crippen LogP contribution is -1.99. The van der Waals surface area contributed by atoms with Gasteiger partial charge in [-0.1, -0.05) is 0 Å². The number of furan rings is 1. The van der Waals surface area contributed by atoms with Gasteiger partial charge >= 0.3 is 0 Å². The second kappa shape index (κ2) is 4.59. The molecule has 0 saturated heterocycles. The molecule has 0 saturated carbocycles. The van der Waals surface area contributed by atoms with E-state index in [2.05, 4.69) is 4.98 Å². The molecule has 4 heteroatoms. The van der Waals surface area contributed by atoms with Crippen molar-refractivity contribution in [2.75, 3.05) is 6.54 Å². The minimum atomic E-state index is 0.717. The van der Waals surface area contributed by atoms with E-state index < -0.39 is 0 Å². The molecule has 0 amide bonds. The van der Waals surface area contributed by atoms with Crippen LogP contribution in [0.2, 0.25) is 0 Å². The van der Waals surface area contributed by atoms with E-state index in [-0.39, 0.29) is 0 Å². The van der Waals surface area contributed by atoms with Crippen molar-refractivity contribution in [2.24, 2.45) is 5.73 Å². The number of hydrogen-bond acceptors (Lipinski definition) is 4. The van der Waals surface area contributed by atoms with Gasteiger partial charge in [0.15, 0.2) is 5.76 Å². The van der Waals surface area contributed by atoms with E-state index in [4.69, 9.17) is 10.2 Å². The number of hydrogen-bond donors (Lipinski definition) is 1. The Labute approximate surface area is 92.9 Å². The Morgan fingerprint density at radius 3 is 3.00 bits per heavy atom. The first-order valence-corrected chi connectivity index (χ1v) is 5.89. The summed E-state index contributed by atoms with van der Waals surface area (Å²) in [6, 6.07) is 3.91. The van der Waals surface area contributed by atoms with Gasteiger partial charge in [0.2, 0.25) is 0 Å². The highest BCUT2D eigenvalue weighted by Gasteiger charge is 2.07. The molecule has 3 nitrogen and oxygen atoms in total. The van der Waals surface area contributed by atoms with Crippen LogP contribution in [0.1, 0.15) is 17.2 Å². The molecule has 0 fully saturated rings. The minimum Gasteiger partial charge on any atom is -0.460 e. The molecular weight excluding hydrogens is 208 g/mol. The molecule has 0 spiro atoms. The standard InChI is InChI=1S/C11H14N2OS/c1-8-4-5-10(14-8)9-7-15-11(13-9)3-2-6-12/h4-5,7H,2-3,6,12H2,1H3. The van der Waals surface area contributed by atoms with Crippen molar-refractivity contribution in [1.29, 1.82) is 0 Å². The molecule has 0 bridgehead atoms. The second-order valence-corrected chi connectivity index (χ2v) is 4.37. The van der Waals surface area contributed by atoms with Crippen LogP contribution in [-0.2, 0) is 6.42 Å². The van der Waals surface area contributed by atoms with Crippen molar-refractivity contribution in [2.45, 2.75) is 19.8 Å². The van der Waals surface area contributed by atoms with E-state index in [9.17, 15) is 0 Å². The Hall–Kier alpha value is -1.13. The molecule has 0 unspecified atom stereocenters. The van der Waals surface area contributed by atoms with E-state index in [1.54, 1.807) is 11.3 Å². The Morgan fingerprint density at radius 1 is 1.47 bits per heavy atom. The van der Waals surface area contributed by atoms with Crippen LogP contribution in [-0.4, -0.2) is 11.5 Å². The fourth-order valence-corrected chi connectivity index (χ4v) is 2.19. The van der Waals surface area contributed by atoms with Gasteiger partial charge in [-0.2, -0.15) is 0 Å². The Morgan fingerprint density at radius 2 is 2.33 bits per heavy atom. The summed E-state index contributed by atoms with van der Waals surface area (Å²) in [5.74, 6) is 1.77. The first-order valence-electron chi connectivity index (χ1n) is 5.01. The van der Waals surface area contributed by atoms with Crippen LogP contribution < -0.4 is 5.73 Å². The lowest BCUT2D eigenvalue weighted by molar-refractivity contribution is 0.546. The van der Waals surface area contributed by atoms with Crippen molar-refractivity contribution in [3.8, 4) is 11.5 Å². The molecule has 2 rings (SSSR count). The van der Waals surface area contributed by atoms with E-state index in [0.29, 0.717) is 0 Å². The highest BCUT2D eigenvalue weighted by atomic mass is 32.1. The normalized spacial score (nSPS) is 10.8. The number of nitrogens with two attached hydrogens (primary N) is 1. The first-order chi connectivity index (χ1) is 7.29. The van der Waals surface area contributed by atoms with Crippen LogP contribution in [0.5, 0.6) is 0 Å². The summed E-state index contributed by atoms with van der Waals surface area (Å²) in [6.07, 6.45) is 1.95. The summed E-state index contributed by atoms with van der Waals surface area (Å²) in [4.78, 5) is 4.50. The molecule has 0 aliphatic heterocycles. The lowest BCUT2D eigenvalue weighted by atomic mass is 10.3. The SMILES string of the molecule is Cc1ccc(-c2csc(CCCN)n2)o1. The molecule has 2 heterocycles. The van der Waals surface area contributed by atoms with E-state index >= 15 is 0 Å². The lowest BCUT2D eigenvalue weighted by Gasteiger charge is -1.91. The number of rotatable bonds is 4. The van der Waals surface area contributed by atoms with Gasteiger partial charge in [-0.3, -0.25) is 0 Å². The summed E-state index contributed by atoms with van der Waals surface area (Å²) in [7, 11) is 0. The van der Waals surface area contributed by atoms with Crippen LogP contribution in [0.15, 0.2) is 21.9 Å². The number of nitrogens with zero attached hydrogens (tertiary/aromatic N) is 1. The van der Waals surface area contributed by atoms with Crippen LogP contribution >= 0.6 is 11.3 Å². The molecule has 0 aliphatic carbocycles. The Bertz CT molecular complexity index is 433. The van der Waals surface area contributed by atoms with Gasteiger partial charge in [0.05, 0.1) is 5.01 Å². The molecule has 15 heavy (non-hydrogen) atoms. The first kappa shape index (κ1) is 10.4. The highest BCUT2D eigenvalue weighted by Crippen LogP contribution is 2.24. The second-order valence-electron chi connectivity index (χ2n) is 3.43. The maximum absolute atomic E-state index is 5.51. The van der Waals surface area contributed by atoms with Gasteiger partial charge in [-0.05, 0) is 32.0 Å². The fraction of sp³-hybridized carbons (Fsp3) is 0.364. The third kappa shape index (κ3) is 2.46. The van der Waals surface area contributed by atoms with Gasteiger partial charge in [0, 0.05) is 11.8 Å². The van der Waals surface area contributed by atoms with Crippen LogP contribution in [0.25, 0.3) is 11.5 Å². The van der Waals surface area contributed by atoms with Crippen LogP contribution in [0.4, 0.5) is 0 Å². The molecule has 2 aromatic heterocycles. The van der Waals surface area contributed by atoms with Gasteiger partial charge in [0.25, 0.3) is 0 Å². The summed E-state index contributed by atoms with van der Waals surface area (Å²) in [5, 5.41) is 3.16. The molecule has 80 valence electrons. The van der Waals surface area contributed by atoms with Gasteiger partial charge in [-0.25, -0.2) is 4.98 Å².